The molecule has 4 aromatic rings. The van der Waals surface area contributed by atoms with Crippen LogP contribution in [0.4, 0.5) is 16.3 Å². The van der Waals surface area contributed by atoms with Crippen molar-refractivity contribution in [2.75, 3.05) is 23.7 Å². The third kappa shape index (κ3) is 6.89. The van der Waals surface area contributed by atoms with Gasteiger partial charge in [-0.3, -0.25) is 10.1 Å². The number of halogens is 1. The van der Waals surface area contributed by atoms with Crippen molar-refractivity contribution < 1.29 is 9.59 Å². The molecule has 1 aliphatic heterocycles. The number of nitrogens with zero attached hydrogens (tertiary/aromatic N) is 2. The van der Waals surface area contributed by atoms with Gasteiger partial charge in [0, 0.05) is 17.2 Å². The van der Waals surface area contributed by atoms with Gasteiger partial charge in [-0.2, -0.15) is 5.10 Å². The molecule has 2 aromatic heterocycles. The Morgan fingerprint density at radius 2 is 1.68 bits per heavy atom. The highest BCUT2D eigenvalue weighted by Gasteiger charge is 2.32. The quantitative estimate of drug-likeness (QED) is 0.192. The topological polar surface area (TPSA) is 88.1 Å². The van der Waals surface area contributed by atoms with Crippen LogP contribution in [-0.2, 0) is 5.41 Å². The molecule has 0 bridgehead atoms. The number of thiophene rings is 1. The molecule has 2 amide bonds. The number of anilines is 2. The molecule has 0 aliphatic carbocycles. The number of amides is 2. The number of benzene rings is 2. The highest BCUT2D eigenvalue weighted by molar-refractivity contribution is 7.18. The zero-order valence-electron chi connectivity index (χ0n) is 23.8. The van der Waals surface area contributed by atoms with Crippen LogP contribution >= 0.6 is 22.9 Å². The average Bonchev–Trinajstić information content (AvgIpc) is 3.57. The lowest BCUT2D eigenvalue weighted by molar-refractivity contribution is 0.0920. The largest absolute Gasteiger partial charge is 0.324 e. The summed E-state index contributed by atoms with van der Waals surface area (Å²) < 4.78 is 2.37. The van der Waals surface area contributed by atoms with Crippen LogP contribution in [0.1, 0.15) is 66.0 Å². The van der Waals surface area contributed by atoms with Crippen LogP contribution < -0.4 is 16.0 Å². The van der Waals surface area contributed by atoms with Gasteiger partial charge >= 0.3 is 6.03 Å². The molecule has 9 heteroatoms. The minimum atomic E-state index is -0.370. The molecule has 1 saturated heterocycles. The van der Waals surface area contributed by atoms with E-state index in [-0.39, 0.29) is 29.1 Å². The van der Waals surface area contributed by atoms with E-state index in [1.54, 1.807) is 10.7 Å². The number of urea groups is 1. The second-order valence-electron chi connectivity index (χ2n) is 11.6. The smallest absolute Gasteiger partial charge is 0.317 e. The molecule has 3 heterocycles. The third-order valence-electron chi connectivity index (χ3n) is 7.48. The summed E-state index contributed by atoms with van der Waals surface area (Å²) in [4.78, 5) is 27.4. The first kappa shape index (κ1) is 29.0. The highest BCUT2D eigenvalue weighted by atomic mass is 35.5. The van der Waals surface area contributed by atoms with Crippen molar-refractivity contribution in [1.29, 1.82) is 0 Å². The number of rotatable bonds is 7. The molecule has 1 unspecified atom stereocenters. The molecule has 41 heavy (non-hydrogen) atoms. The Labute approximate surface area is 250 Å². The van der Waals surface area contributed by atoms with Gasteiger partial charge in [-0.25, -0.2) is 9.48 Å². The molecule has 214 valence electrons. The van der Waals surface area contributed by atoms with Crippen LogP contribution in [0.5, 0.6) is 0 Å². The van der Waals surface area contributed by atoms with Gasteiger partial charge in [-0.1, -0.05) is 62.2 Å². The van der Waals surface area contributed by atoms with Crippen molar-refractivity contribution in [2.45, 2.75) is 51.9 Å². The van der Waals surface area contributed by atoms with Gasteiger partial charge < -0.3 is 10.6 Å². The van der Waals surface area contributed by atoms with Crippen LogP contribution in [0, 0.1) is 12.8 Å². The summed E-state index contributed by atoms with van der Waals surface area (Å²) in [5.41, 5.74) is 4.29. The number of nitrogens with one attached hydrogen (secondary N) is 3. The molecular weight excluding hydrogens is 554 g/mol. The molecule has 3 N–H and O–H groups in total. The van der Waals surface area contributed by atoms with Crippen molar-refractivity contribution in [1.82, 2.24) is 15.1 Å². The molecule has 0 saturated carbocycles. The molecular formula is C32H36ClN5O2S. The molecule has 2 aromatic carbocycles. The zero-order chi connectivity index (χ0) is 29.1. The molecule has 0 radical (unpaired) electrons. The van der Waals surface area contributed by atoms with Crippen molar-refractivity contribution in [2.24, 2.45) is 5.92 Å². The van der Waals surface area contributed by atoms with E-state index in [4.69, 9.17) is 16.7 Å². The second-order valence-corrected chi connectivity index (χ2v) is 13.4. The fourth-order valence-electron chi connectivity index (χ4n) is 5.19. The average molecular weight is 590 g/mol. The molecule has 1 aliphatic rings. The van der Waals surface area contributed by atoms with Crippen molar-refractivity contribution in [3.05, 3.63) is 92.8 Å². The Kier molecular flexibility index (Phi) is 8.63. The van der Waals surface area contributed by atoms with E-state index in [0.717, 1.165) is 48.4 Å². The summed E-state index contributed by atoms with van der Waals surface area (Å²) in [5.74, 6) is 0.672. The number of carbonyl (C=O) groups excluding carboxylic acids is 2. The second kappa shape index (κ2) is 12.2. The Balaban J connectivity index is 1.34. The van der Waals surface area contributed by atoms with E-state index in [1.165, 1.54) is 11.3 Å². The Bertz CT molecular complexity index is 1510. The van der Waals surface area contributed by atoms with Gasteiger partial charge in [0.25, 0.3) is 0 Å². The number of piperidine rings is 1. The number of ketones is 1. The van der Waals surface area contributed by atoms with Gasteiger partial charge in [0.2, 0.25) is 0 Å². The van der Waals surface area contributed by atoms with E-state index in [9.17, 15) is 9.59 Å². The van der Waals surface area contributed by atoms with E-state index < -0.39 is 0 Å². The molecule has 1 atom stereocenters. The van der Waals surface area contributed by atoms with Crippen LogP contribution in [0.3, 0.4) is 0 Å². The van der Waals surface area contributed by atoms with Crippen LogP contribution in [0.2, 0.25) is 4.34 Å². The van der Waals surface area contributed by atoms with Gasteiger partial charge in [0.05, 0.1) is 26.5 Å². The normalized spacial score (nSPS) is 15.0. The number of aromatic nitrogens is 2. The lowest BCUT2D eigenvalue weighted by Crippen LogP contribution is -2.33. The van der Waals surface area contributed by atoms with Crippen LogP contribution in [0.25, 0.3) is 5.69 Å². The van der Waals surface area contributed by atoms with Gasteiger partial charge in [-0.05, 0) is 80.7 Å². The summed E-state index contributed by atoms with van der Waals surface area (Å²) in [5, 5.41) is 14.1. The van der Waals surface area contributed by atoms with E-state index in [1.807, 2.05) is 67.6 Å². The Morgan fingerprint density at radius 1 is 1.00 bits per heavy atom. The molecule has 5 rings (SSSR count). The van der Waals surface area contributed by atoms with E-state index >= 15 is 0 Å². The first-order chi connectivity index (χ1) is 19.6. The fraction of sp³-hybridized carbons (Fsp3) is 0.344. The third-order valence-corrected chi connectivity index (χ3v) is 8.73. The predicted octanol–water partition coefficient (Wildman–Crippen LogP) is 7.80. The van der Waals surface area contributed by atoms with Crippen molar-refractivity contribution in [3.63, 3.8) is 0 Å². The summed E-state index contributed by atoms with van der Waals surface area (Å²) in [6.45, 7) is 10.1. The maximum atomic E-state index is 13.6. The lowest BCUT2D eigenvalue weighted by Gasteiger charge is -2.30. The number of hydrogen-bond donors (Lipinski definition) is 3. The molecule has 7 nitrogen and oxygen atoms in total. The number of aryl methyl sites for hydroxylation is 1. The number of carbonyl (C=O) groups is 2. The molecule has 1 fully saturated rings. The first-order valence-electron chi connectivity index (χ1n) is 13.9. The Hall–Kier alpha value is -3.46. The van der Waals surface area contributed by atoms with E-state index in [2.05, 4.69) is 36.7 Å². The fourth-order valence-corrected chi connectivity index (χ4v) is 6.21. The van der Waals surface area contributed by atoms with Crippen LogP contribution in [0.15, 0.2) is 66.7 Å². The van der Waals surface area contributed by atoms with Crippen LogP contribution in [-0.4, -0.2) is 34.7 Å². The summed E-state index contributed by atoms with van der Waals surface area (Å²) in [7, 11) is 0. The minimum Gasteiger partial charge on any atom is -0.317 e. The summed E-state index contributed by atoms with van der Waals surface area (Å²) in [6.07, 6.45) is 1.87. The highest BCUT2D eigenvalue weighted by Crippen LogP contribution is 2.37. The lowest BCUT2D eigenvalue weighted by atomic mass is 9.77. The van der Waals surface area contributed by atoms with Crippen molar-refractivity contribution >= 4 is 46.3 Å². The van der Waals surface area contributed by atoms with E-state index in [0.29, 0.717) is 20.7 Å². The maximum absolute atomic E-state index is 13.6. The van der Waals surface area contributed by atoms with Gasteiger partial charge in [0.15, 0.2) is 5.78 Å². The Morgan fingerprint density at radius 3 is 2.29 bits per heavy atom. The predicted molar refractivity (Wildman–Crippen MR) is 168 cm³/mol. The number of Topliss-reactive ketones (excluding diaryl/α,β-unsaturated/α-hetero) is 1. The standard InChI is InChI=1S/C32H36ClN5O2S/c1-20-5-11-24(12-6-20)38-28(19-26(37-38)32(2,3)4)36-31(40)35-23-9-7-21(8-10-23)29(22-15-17-34-18-16-22)30(39)25-13-14-27(33)41-25/h5-14,19,22,29,34H,15-18H2,1-4H3,(H2,35,36,40). The maximum Gasteiger partial charge on any atom is 0.324 e. The van der Waals surface area contributed by atoms with Gasteiger partial charge in [0.1, 0.15) is 5.82 Å². The SMILES string of the molecule is Cc1ccc(-n2nc(C(C)(C)C)cc2NC(=O)Nc2ccc(C(C(=O)c3ccc(Cl)s3)C3CCNCC3)cc2)cc1. The first-order valence-corrected chi connectivity index (χ1v) is 15.1. The van der Waals surface area contributed by atoms with Crippen molar-refractivity contribution in [3.8, 4) is 5.69 Å². The minimum absolute atomic E-state index is 0.103. The summed E-state index contributed by atoms with van der Waals surface area (Å²) in [6, 6.07) is 20.8. The van der Waals surface area contributed by atoms with Gasteiger partial charge in [-0.15, -0.1) is 11.3 Å². The zero-order valence-corrected chi connectivity index (χ0v) is 25.4. The summed E-state index contributed by atoms with van der Waals surface area (Å²) >= 11 is 7.47. The number of hydrogen-bond acceptors (Lipinski definition) is 5. The monoisotopic (exact) mass is 589 g/mol. The molecule has 0 spiro atoms.